The van der Waals surface area contributed by atoms with Gasteiger partial charge in [0, 0.05) is 24.4 Å². The Morgan fingerprint density at radius 3 is 2.80 bits per heavy atom. The summed E-state index contributed by atoms with van der Waals surface area (Å²) in [5, 5.41) is 8.84. The van der Waals surface area contributed by atoms with Gasteiger partial charge in [-0.3, -0.25) is 9.59 Å². The van der Waals surface area contributed by atoms with Gasteiger partial charge in [-0.15, -0.1) is 0 Å². The lowest BCUT2D eigenvalue weighted by molar-refractivity contribution is -0.150. The molecule has 2 saturated carbocycles. The fraction of sp³-hybridized carbons (Fsp3) is 0.692. The first-order valence-electron chi connectivity index (χ1n) is 11.7. The van der Waals surface area contributed by atoms with E-state index in [0.717, 1.165) is 38.5 Å². The number of rotatable bonds is 6. The molecule has 2 fully saturated rings. The van der Waals surface area contributed by atoms with Crippen LogP contribution in [0.25, 0.3) is 0 Å². The molecule has 4 aliphatic carbocycles. The SMILES string of the molecule is C=C1C=C2CCC3C(=CCC4(C)C(C(=O)COC(=O)CCCO)CCC34)C2(C)CC1. The van der Waals surface area contributed by atoms with E-state index in [0.29, 0.717) is 18.3 Å². The number of hydrogen-bond donors (Lipinski definition) is 1. The maximum atomic E-state index is 13.0. The lowest BCUT2D eigenvalue weighted by atomic mass is 9.51. The molecule has 0 amide bonds. The van der Waals surface area contributed by atoms with Crippen molar-refractivity contribution < 1.29 is 19.4 Å². The predicted octanol–water partition coefficient (Wildman–Crippen LogP) is 4.93. The zero-order chi connectivity index (χ0) is 21.5. The van der Waals surface area contributed by atoms with Crippen LogP contribution in [-0.2, 0) is 14.3 Å². The van der Waals surface area contributed by atoms with Crippen molar-refractivity contribution in [2.24, 2.45) is 28.6 Å². The van der Waals surface area contributed by atoms with Gasteiger partial charge in [0.2, 0.25) is 0 Å². The van der Waals surface area contributed by atoms with E-state index in [1.807, 2.05) is 0 Å². The molecule has 0 aromatic rings. The molecule has 5 atom stereocenters. The quantitative estimate of drug-likeness (QED) is 0.496. The van der Waals surface area contributed by atoms with Gasteiger partial charge in [0.05, 0.1) is 0 Å². The van der Waals surface area contributed by atoms with Crippen LogP contribution in [0, 0.1) is 28.6 Å². The molecule has 4 heteroatoms. The van der Waals surface area contributed by atoms with Crippen LogP contribution in [0.4, 0.5) is 0 Å². The van der Waals surface area contributed by atoms with Gasteiger partial charge in [-0.25, -0.2) is 0 Å². The van der Waals surface area contributed by atoms with Crippen molar-refractivity contribution in [3.8, 4) is 0 Å². The van der Waals surface area contributed by atoms with E-state index in [1.165, 1.54) is 12.0 Å². The topological polar surface area (TPSA) is 63.6 Å². The van der Waals surface area contributed by atoms with Crippen LogP contribution in [0.1, 0.15) is 71.6 Å². The van der Waals surface area contributed by atoms with Crippen LogP contribution in [0.15, 0.2) is 35.5 Å². The molecule has 0 bridgehead atoms. The number of carbonyl (C=O) groups is 2. The Balaban J connectivity index is 1.50. The number of allylic oxidation sites excluding steroid dienone is 5. The molecule has 4 aliphatic rings. The first-order valence-corrected chi connectivity index (χ1v) is 11.7. The molecule has 1 N–H and O–H groups in total. The van der Waals surface area contributed by atoms with Gasteiger partial charge in [-0.1, -0.05) is 49.3 Å². The third-order valence-corrected chi connectivity index (χ3v) is 8.75. The summed E-state index contributed by atoms with van der Waals surface area (Å²) in [4.78, 5) is 24.8. The number of aliphatic hydroxyl groups excluding tert-OH is 1. The molecule has 0 heterocycles. The Morgan fingerprint density at radius 1 is 1.23 bits per heavy atom. The normalized spacial score (nSPS) is 37.4. The average molecular weight is 413 g/mol. The van der Waals surface area contributed by atoms with Gasteiger partial charge in [0.25, 0.3) is 0 Å². The number of carbonyl (C=O) groups excluding carboxylic acids is 2. The maximum Gasteiger partial charge on any atom is 0.306 e. The van der Waals surface area contributed by atoms with Crippen molar-refractivity contribution in [2.45, 2.75) is 71.6 Å². The molecule has 0 saturated heterocycles. The van der Waals surface area contributed by atoms with Crippen molar-refractivity contribution in [3.05, 3.63) is 35.5 Å². The summed E-state index contributed by atoms with van der Waals surface area (Å²) in [7, 11) is 0. The first kappa shape index (κ1) is 21.5. The van der Waals surface area contributed by atoms with E-state index in [1.54, 1.807) is 11.1 Å². The number of esters is 1. The standard InChI is InChI=1S/C26H36O4/c1-17-10-12-25(2)18(15-17)6-7-19-20-8-9-22(26(20,3)13-11-21(19)25)23(28)16-30-24(29)5-4-14-27/h11,15,19-20,22,27H,1,4-10,12-14,16H2,2-3H3. The monoisotopic (exact) mass is 412 g/mol. The zero-order valence-corrected chi connectivity index (χ0v) is 18.5. The van der Waals surface area contributed by atoms with E-state index in [4.69, 9.17) is 9.84 Å². The zero-order valence-electron chi connectivity index (χ0n) is 18.5. The first-order chi connectivity index (χ1) is 14.3. The van der Waals surface area contributed by atoms with Gasteiger partial charge in [-0.2, -0.15) is 0 Å². The minimum Gasteiger partial charge on any atom is -0.458 e. The molecular formula is C26H36O4. The van der Waals surface area contributed by atoms with E-state index in [2.05, 4.69) is 32.6 Å². The molecule has 0 radical (unpaired) electrons. The third kappa shape index (κ3) is 3.51. The van der Waals surface area contributed by atoms with Crippen molar-refractivity contribution >= 4 is 11.8 Å². The summed E-state index contributed by atoms with van der Waals surface area (Å²) in [5.41, 5.74) is 4.60. The Bertz CT molecular complexity index is 806. The Kier molecular flexibility index (Phi) is 5.82. The van der Waals surface area contributed by atoms with Crippen LogP contribution in [0.5, 0.6) is 0 Å². The molecule has 164 valence electrons. The summed E-state index contributed by atoms with van der Waals surface area (Å²) in [6.45, 7) is 8.76. The predicted molar refractivity (Wildman–Crippen MR) is 117 cm³/mol. The van der Waals surface area contributed by atoms with Crippen molar-refractivity contribution in [1.29, 1.82) is 0 Å². The summed E-state index contributed by atoms with van der Waals surface area (Å²) in [6.07, 6.45) is 12.9. The highest BCUT2D eigenvalue weighted by molar-refractivity contribution is 5.85. The lowest BCUT2D eigenvalue weighted by Crippen LogP contribution is -2.45. The second-order valence-electron chi connectivity index (χ2n) is 10.4. The molecule has 4 rings (SSSR count). The Hall–Kier alpha value is -1.68. The van der Waals surface area contributed by atoms with Crippen molar-refractivity contribution in [2.75, 3.05) is 13.2 Å². The maximum absolute atomic E-state index is 13.0. The number of ketones is 1. The Morgan fingerprint density at radius 2 is 2.03 bits per heavy atom. The van der Waals surface area contributed by atoms with E-state index in [9.17, 15) is 9.59 Å². The van der Waals surface area contributed by atoms with E-state index in [-0.39, 0.29) is 48.1 Å². The third-order valence-electron chi connectivity index (χ3n) is 8.75. The van der Waals surface area contributed by atoms with E-state index >= 15 is 0 Å². The molecule has 0 aliphatic heterocycles. The highest BCUT2D eigenvalue weighted by Crippen LogP contribution is 2.64. The summed E-state index contributed by atoms with van der Waals surface area (Å²) < 4.78 is 5.22. The van der Waals surface area contributed by atoms with Crippen molar-refractivity contribution in [3.63, 3.8) is 0 Å². The molecule has 4 nitrogen and oxygen atoms in total. The number of fused-ring (bicyclic) bond motifs is 5. The van der Waals surface area contributed by atoms with Gasteiger partial charge in [0.15, 0.2) is 5.78 Å². The molecule has 0 spiro atoms. The van der Waals surface area contributed by atoms with E-state index < -0.39 is 0 Å². The molecule has 0 aromatic heterocycles. The fourth-order valence-electron chi connectivity index (χ4n) is 7.02. The number of ether oxygens (including phenoxy) is 1. The van der Waals surface area contributed by atoms with Gasteiger partial charge >= 0.3 is 5.97 Å². The average Bonchev–Trinajstić information content (AvgIpc) is 3.08. The Labute approximate surface area is 180 Å². The minimum absolute atomic E-state index is 0.0261. The van der Waals surface area contributed by atoms with Gasteiger partial charge < -0.3 is 9.84 Å². The second-order valence-corrected chi connectivity index (χ2v) is 10.4. The number of hydrogen-bond acceptors (Lipinski definition) is 4. The van der Waals surface area contributed by atoms with Crippen LogP contribution < -0.4 is 0 Å². The lowest BCUT2D eigenvalue weighted by Gasteiger charge is -2.53. The molecule has 30 heavy (non-hydrogen) atoms. The largest absolute Gasteiger partial charge is 0.458 e. The number of aliphatic hydroxyl groups is 1. The summed E-state index contributed by atoms with van der Waals surface area (Å²) in [6, 6.07) is 0. The highest BCUT2D eigenvalue weighted by atomic mass is 16.5. The van der Waals surface area contributed by atoms with Crippen LogP contribution in [-0.4, -0.2) is 30.1 Å². The molecular weight excluding hydrogens is 376 g/mol. The van der Waals surface area contributed by atoms with Gasteiger partial charge in [0.1, 0.15) is 6.61 Å². The van der Waals surface area contributed by atoms with Crippen molar-refractivity contribution in [1.82, 2.24) is 0 Å². The smallest absolute Gasteiger partial charge is 0.306 e. The fourth-order valence-corrected chi connectivity index (χ4v) is 7.02. The van der Waals surface area contributed by atoms with Crippen LogP contribution in [0.3, 0.4) is 0 Å². The second kappa shape index (κ2) is 8.11. The van der Waals surface area contributed by atoms with Gasteiger partial charge in [-0.05, 0) is 68.6 Å². The highest BCUT2D eigenvalue weighted by Gasteiger charge is 2.57. The summed E-state index contributed by atoms with van der Waals surface area (Å²) in [5.74, 6) is 0.774. The minimum atomic E-state index is -0.388. The summed E-state index contributed by atoms with van der Waals surface area (Å²) >= 11 is 0. The molecule has 0 aromatic carbocycles. The number of Topliss-reactive ketones (excluding diaryl/α,β-unsaturated/α-hetero) is 1. The molecule has 5 unspecified atom stereocenters. The van der Waals surface area contributed by atoms with Crippen LogP contribution >= 0.6 is 0 Å². The van der Waals surface area contributed by atoms with Crippen LogP contribution in [0.2, 0.25) is 0 Å².